The van der Waals surface area contributed by atoms with Crippen molar-refractivity contribution in [1.82, 2.24) is 20.4 Å². The second-order valence-corrected chi connectivity index (χ2v) is 8.83. The first-order valence-corrected chi connectivity index (χ1v) is 11.0. The number of nitrogens with zero attached hydrogens (tertiary/aromatic N) is 4. The molecule has 3 aromatic rings. The minimum absolute atomic E-state index is 0.0740. The largest absolute Gasteiger partial charge is 0.367 e. The van der Waals surface area contributed by atoms with Gasteiger partial charge in [0.2, 0.25) is 0 Å². The van der Waals surface area contributed by atoms with E-state index in [1.54, 1.807) is 24.3 Å². The van der Waals surface area contributed by atoms with E-state index in [0.29, 0.717) is 17.2 Å². The molecule has 10 heteroatoms. The molecule has 3 fully saturated rings. The van der Waals surface area contributed by atoms with Crippen molar-refractivity contribution in [3.63, 3.8) is 0 Å². The Morgan fingerprint density at radius 2 is 1.79 bits per heavy atom. The summed E-state index contributed by atoms with van der Waals surface area (Å²) in [5, 5.41) is 22.8. The molecule has 1 aromatic heterocycles. The van der Waals surface area contributed by atoms with Crippen LogP contribution in [0.3, 0.4) is 0 Å². The van der Waals surface area contributed by atoms with Gasteiger partial charge < -0.3 is 15.3 Å². The molecule has 0 saturated carbocycles. The Kier molecular flexibility index (Phi) is 4.66. The maximum absolute atomic E-state index is 14.4. The number of hydrogen-bond donors (Lipinski definition) is 3. The number of anilines is 2. The van der Waals surface area contributed by atoms with E-state index in [2.05, 4.69) is 25.8 Å². The van der Waals surface area contributed by atoms with E-state index >= 15 is 0 Å². The molecule has 2 atom stereocenters. The number of rotatable bonds is 3. The lowest BCUT2D eigenvalue weighted by atomic mass is 9.84. The fraction of sp³-hybridized carbons (Fsp3) is 0.348. The Hall–Kier alpha value is -3.37. The Bertz CT molecular complexity index is 1250. The number of halogens is 2. The lowest BCUT2D eigenvalue weighted by molar-refractivity contribution is 0.0620. The van der Waals surface area contributed by atoms with Gasteiger partial charge in [-0.05, 0) is 68.2 Å². The summed E-state index contributed by atoms with van der Waals surface area (Å²) in [4.78, 5) is 15.2. The number of aliphatic hydroxyl groups is 1. The number of fused-ring (bicyclic) bond motifs is 6. The molecule has 1 amide bonds. The molecule has 2 unspecified atom stereocenters. The Labute approximate surface area is 188 Å². The predicted molar refractivity (Wildman–Crippen MR) is 117 cm³/mol. The average molecular weight is 452 g/mol. The summed E-state index contributed by atoms with van der Waals surface area (Å²) in [5.41, 5.74) is 4.00. The summed E-state index contributed by atoms with van der Waals surface area (Å²) in [6.45, 7) is 3.10. The highest BCUT2D eigenvalue weighted by molar-refractivity contribution is 5.96. The van der Waals surface area contributed by atoms with Crippen LogP contribution in [-0.2, 0) is 0 Å². The molecule has 0 spiro atoms. The van der Waals surface area contributed by atoms with Crippen molar-refractivity contribution < 1.29 is 18.7 Å². The Morgan fingerprint density at radius 1 is 1.06 bits per heavy atom. The van der Waals surface area contributed by atoms with Crippen LogP contribution in [0.4, 0.5) is 20.2 Å². The van der Waals surface area contributed by atoms with Crippen molar-refractivity contribution >= 4 is 28.2 Å². The molecule has 2 aromatic carbocycles. The topological polar surface area (TPSA) is 93.6 Å². The first kappa shape index (κ1) is 20.3. The van der Waals surface area contributed by atoms with Crippen molar-refractivity contribution in [2.24, 2.45) is 5.92 Å². The molecule has 170 valence electrons. The quantitative estimate of drug-likeness (QED) is 0.562. The Morgan fingerprint density at radius 3 is 2.48 bits per heavy atom. The van der Waals surface area contributed by atoms with Crippen molar-refractivity contribution in [3.8, 4) is 0 Å². The van der Waals surface area contributed by atoms with E-state index in [9.17, 15) is 18.7 Å². The molecule has 0 aliphatic carbocycles. The van der Waals surface area contributed by atoms with Gasteiger partial charge in [0.15, 0.2) is 12.0 Å². The summed E-state index contributed by atoms with van der Waals surface area (Å²) in [7, 11) is 0. The number of carbonyl (C=O) groups excluding carboxylic acids is 1. The van der Waals surface area contributed by atoms with Crippen molar-refractivity contribution in [1.29, 1.82) is 0 Å². The third kappa shape index (κ3) is 3.28. The number of nitrogens with one attached hydrogen (secondary N) is 2. The standard InChI is InChI=1S/C23H22F2N6O2/c24-15-5-6-16(25)19-18(15)20-21(28-27-19)23(33)31(29-20)14-3-1-13(2-4-14)22(32)26-17-11-30-9-7-12(17)8-10-30/h1-6,12,17,23,29,33H,7-11H2,(H,26,32). The highest BCUT2D eigenvalue weighted by atomic mass is 19.1. The van der Waals surface area contributed by atoms with Gasteiger partial charge in [-0.1, -0.05) is 0 Å². The molecule has 2 bridgehead atoms. The SMILES string of the molecule is O=C(NC1CN2CCC1CC2)c1ccc(N2Nc3c(nnc4c(F)ccc(F)c34)C2O)cc1. The van der Waals surface area contributed by atoms with Crippen LogP contribution in [0.1, 0.15) is 35.1 Å². The lowest BCUT2D eigenvalue weighted by Crippen LogP contribution is -2.57. The van der Waals surface area contributed by atoms with E-state index in [0.717, 1.165) is 44.6 Å². The fourth-order valence-corrected chi connectivity index (χ4v) is 5.12. The number of piperidine rings is 3. The van der Waals surface area contributed by atoms with Crippen molar-refractivity contribution in [3.05, 3.63) is 59.3 Å². The van der Waals surface area contributed by atoms with Crippen LogP contribution in [0.2, 0.25) is 0 Å². The zero-order chi connectivity index (χ0) is 22.7. The number of benzene rings is 2. The molecule has 3 saturated heterocycles. The van der Waals surface area contributed by atoms with Crippen LogP contribution in [0.15, 0.2) is 36.4 Å². The molecule has 4 aliphatic rings. The molecule has 3 N–H and O–H groups in total. The first-order chi connectivity index (χ1) is 16.0. The third-order valence-electron chi connectivity index (χ3n) is 6.94. The van der Waals surface area contributed by atoms with Gasteiger partial charge >= 0.3 is 0 Å². The van der Waals surface area contributed by atoms with Crippen molar-refractivity contribution in [2.45, 2.75) is 25.1 Å². The van der Waals surface area contributed by atoms with E-state index in [1.165, 1.54) is 5.01 Å². The number of carbonyl (C=O) groups is 1. The summed E-state index contributed by atoms with van der Waals surface area (Å²) >= 11 is 0. The summed E-state index contributed by atoms with van der Waals surface area (Å²) < 4.78 is 28.5. The second-order valence-electron chi connectivity index (χ2n) is 8.83. The molecule has 33 heavy (non-hydrogen) atoms. The van der Waals surface area contributed by atoms with Gasteiger partial charge in [-0.2, -0.15) is 0 Å². The van der Waals surface area contributed by atoms with Crippen LogP contribution in [-0.4, -0.2) is 51.8 Å². The number of aliphatic hydroxyl groups excluding tert-OH is 1. The van der Waals surface area contributed by atoms with Gasteiger partial charge in [-0.25, -0.2) is 8.78 Å². The van der Waals surface area contributed by atoms with Crippen LogP contribution in [0.25, 0.3) is 10.9 Å². The molecule has 0 radical (unpaired) electrons. The predicted octanol–water partition coefficient (Wildman–Crippen LogP) is 2.57. The van der Waals surface area contributed by atoms with Gasteiger partial charge in [-0.3, -0.25) is 15.2 Å². The van der Waals surface area contributed by atoms with Crippen LogP contribution in [0.5, 0.6) is 0 Å². The monoisotopic (exact) mass is 452 g/mol. The zero-order valence-electron chi connectivity index (χ0n) is 17.6. The van der Waals surface area contributed by atoms with E-state index in [4.69, 9.17) is 0 Å². The Balaban J connectivity index is 1.22. The average Bonchev–Trinajstić information content (AvgIpc) is 3.18. The molecule has 7 rings (SSSR count). The van der Waals surface area contributed by atoms with Gasteiger partial charge in [0.05, 0.1) is 16.8 Å². The summed E-state index contributed by atoms with van der Waals surface area (Å²) in [5.74, 6) is -0.969. The van der Waals surface area contributed by atoms with Crippen LogP contribution in [0, 0.1) is 17.6 Å². The molecule has 4 aliphatic heterocycles. The lowest BCUT2D eigenvalue weighted by Gasteiger charge is -2.44. The first-order valence-electron chi connectivity index (χ1n) is 11.0. The highest BCUT2D eigenvalue weighted by Crippen LogP contribution is 2.40. The van der Waals surface area contributed by atoms with Gasteiger partial charge in [-0.15, -0.1) is 10.2 Å². The molecular formula is C23H22F2N6O2. The van der Waals surface area contributed by atoms with E-state index in [1.807, 2.05) is 0 Å². The molecule has 5 heterocycles. The third-order valence-corrected chi connectivity index (χ3v) is 6.94. The van der Waals surface area contributed by atoms with Gasteiger partial charge in [0, 0.05) is 18.2 Å². The van der Waals surface area contributed by atoms with E-state index in [-0.39, 0.29) is 34.2 Å². The van der Waals surface area contributed by atoms with Crippen LogP contribution >= 0.6 is 0 Å². The minimum Gasteiger partial charge on any atom is -0.367 e. The van der Waals surface area contributed by atoms with E-state index < -0.39 is 17.9 Å². The summed E-state index contributed by atoms with van der Waals surface area (Å²) in [6.07, 6.45) is 0.974. The van der Waals surface area contributed by atoms with Crippen LogP contribution < -0.4 is 15.8 Å². The highest BCUT2D eigenvalue weighted by Gasteiger charge is 2.36. The number of aromatic nitrogens is 2. The van der Waals surface area contributed by atoms with Gasteiger partial charge in [0.1, 0.15) is 17.0 Å². The number of hydrazine groups is 1. The maximum atomic E-state index is 14.4. The number of amides is 1. The van der Waals surface area contributed by atoms with Gasteiger partial charge in [0.25, 0.3) is 5.91 Å². The maximum Gasteiger partial charge on any atom is 0.251 e. The minimum atomic E-state index is -1.26. The fourth-order valence-electron chi connectivity index (χ4n) is 5.12. The van der Waals surface area contributed by atoms with Crippen molar-refractivity contribution in [2.75, 3.05) is 30.1 Å². The summed E-state index contributed by atoms with van der Waals surface area (Å²) in [6, 6.07) is 8.87. The smallest absolute Gasteiger partial charge is 0.251 e. The molecular weight excluding hydrogens is 430 g/mol. The zero-order valence-corrected chi connectivity index (χ0v) is 17.6. The number of hydrogen-bond acceptors (Lipinski definition) is 7. The normalized spacial score (nSPS) is 25.7. The molecule has 8 nitrogen and oxygen atoms in total. The second kappa shape index (κ2) is 7.60.